The minimum Gasteiger partial charge on any atom is -0.326 e. The number of anilines is 3. The number of fused-ring (bicyclic) bond motifs is 2. The molecule has 2 fully saturated rings. The molecule has 1 N–H and O–H groups in total. The van der Waals surface area contributed by atoms with Crippen LogP contribution in [0, 0.1) is 5.92 Å². The second-order valence-corrected chi connectivity index (χ2v) is 8.97. The van der Waals surface area contributed by atoms with Gasteiger partial charge in [0.25, 0.3) is 5.91 Å². The molecule has 0 saturated carbocycles. The van der Waals surface area contributed by atoms with Gasteiger partial charge in [-0.05, 0) is 41.3 Å². The van der Waals surface area contributed by atoms with E-state index >= 15 is 0 Å². The van der Waals surface area contributed by atoms with Gasteiger partial charge in [-0.3, -0.25) is 19.2 Å². The molecule has 6 rings (SSSR count). The summed E-state index contributed by atoms with van der Waals surface area (Å²) in [4.78, 5) is 46.6. The van der Waals surface area contributed by atoms with Crippen LogP contribution in [0.3, 0.4) is 0 Å². The van der Waals surface area contributed by atoms with Gasteiger partial charge in [-0.15, -0.1) is 0 Å². The maximum atomic E-state index is 14.0. The van der Waals surface area contributed by atoms with Crippen molar-refractivity contribution in [3.63, 3.8) is 0 Å². The lowest BCUT2D eigenvalue weighted by molar-refractivity contribution is -0.126. The summed E-state index contributed by atoms with van der Waals surface area (Å²) in [5, 5.41) is 6.21. The molecule has 7 nitrogen and oxygen atoms in total. The average Bonchev–Trinajstić information content (AvgIpc) is 3.40. The maximum Gasteiger partial charge on any atom is 0.266 e. The molecule has 36 heavy (non-hydrogen) atoms. The lowest BCUT2D eigenvalue weighted by Crippen LogP contribution is -2.37. The Morgan fingerprint density at radius 2 is 1.50 bits per heavy atom. The Morgan fingerprint density at radius 3 is 2.25 bits per heavy atom. The van der Waals surface area contributed by atoms with Gasteiger partial charge in [-0.25, -0.2) is 9.96 Å². The first-order valence-corrected chi connectivity index (χ1v) is 11.8. The van der Waals surface area contributed by atoms with Crippen LogP contribution in [0.25, 0.3) is 10.8 Å². The fourth-order valence-electron chi connectivity index (χ4n) is 5.16. The van der Waals surface area contributed by atoms with Crippen LogP contribution >= 0.6 is 0 Å². The monoisotopic (exact) mass is 477 g/mol. The summed E-state index contributed by atoms with van der Waals surface area (Å²) in [5.74, 6) is -1.57. The van der Waals surface area contributed by atoms with Gasteiger partial charge in [-0.2, -0.15) is 0 Å². The van der Waals surface area contributed by atoms with Gasteiger partial charge in [0.15, 0.2) is 6.10 Å². The number of benzene rings is 4. The second-order valence-electron chi connectivity index (χ2n) is 8.97. The van der Waals surface area contributed by atoms with Gasteiger partial charge in [0.2, 0.25) is 11.8 Å². The highest BCUT2D eigenvalue weighted by Crippen LogP contribution is 2.48. The number of hydrogen-bond acceptors (Lipinski definition) is 5. The average molecular weight is 478 g/mol. The number of para-hydroxylation sites is 1. The summed E-state index contributed by atoms with van der Waals surface area (Å²) >= 11 is 0. The van der Waals surface area contributed by atoms with Crippen LogP contribution in [0.15, 0.2) is 97.1 Å². The molecule has 0 spiro atoms. The van der Waals surface area contributed by atoms with Crippen LogP contribution in [0.4, 0.5) is 17.1 Å². The number of carbonyl (C=O) groups excluding carboxylic acids is 3. The van der Waals surface area contributed by atoms with E-state index in [4.69, 9.17) is 4.84 Å². The van der Waals surface area contributed by atoms with Crippen molar-refractivity contribution in [2.45, 2.75) is 19.1 Å². The molecule has 0 unspecified atom stereocenters. The largest absolute Gasteiger partial charge is 0.326 e. The number of hydrogen-bond donors (Lipinski definition) is 1. The summed E-state index contributed by atoms with van der Waals surface area (Å²) in [5.41, 5.74) is 2.77. The van der Waals surface area contributed by atoms with E-state index in [-0.39, 0.29) is 17.7 Å². The third kappa shape index (κ3) is 3.52. The van der Waals surface area contributed by atoms with Crippen LogP contribution in [0.5, 0.6) is 0 Å². The maximum absolute atomic E-state index is 14.0. The number of carbonyl (C=O) groups is 3. The van der Waals surface area contributed by atoms with E-state index in [1.165, 1.54) is 11.8 Å². The summed E-state index contributed by atoms with van der Waals surface area (Å²) in [6.45, 7) is 1.45. The van der Waals surface area contributed by atoms with Crippen LogP contribution in [0.1, 0.15) is 18.5 Å². The first kappa shape index (κ1) is 22.0. The standard InChI is InChI=1S/C29H23N3O4/c1-18(33)30-21-16-14-20(15-17-21)26-25-27(36-32(26)22-10-3-2-4-11-22)29(35)31(28(25)34)24-13-7-9-19-8-5-6-12-23(19)24/h2-17,25-27H,1H3,(H,30,33)/t25-,26+,27+/m0/s1. The summed E-state index contributed by atoms with van der Waals surface area (Å²) in [7, 11) is 0. The number of hydroxylamine groups is 1. The lowest BCUT2D eigenvalue weighted by atomic mass is 9.90. The molecule has 2 heterocycles. The minimum absolute atomic E-state index is 0.166. The molecule has 3 atom stereocenters. The Balaban J connectivity index is 1.43. The normalized spacial score (nSPS) is 21.2. The van der Waals surface area contributed by atoms with Gasteiger partial charge < -0.3 is 5.32 Å². The number of imide groups is 1. The zero-order valence-corrected chi connectivity index (χ0v) is 19.5. The van der Waals surface area contributed by atoms with Gasteiger partial charge >= 0.3 is 0 Å². The molecule has 0 aromatic heterocycles. The molecule has 0 bridgehead atoms. The minimum atomic E-state index is -0.948. The van der Waals surface area contributed by atoms with Crippen molar-refractivity contribution in [1.82, 2.24) is 0 Å². The van der Waals surface area contributed by atoms with Gasteiger partial charge in [0.05, 0.1) is 17.4 Å². The zero-order chi connectivity index (χ0) is 24.8. The van der Waals surface area contributed by atoms with E-state index < -0.39 is 18.1 Å². The van der Waals surface area contributed by atoms with E-state index in [0.29, 0.717) is 11.4 Å². The van der Waals surface area contributed by atoms with Crippen molar-refractivity contribution in [3.8, 4) is 0 Å². The molecule has 178 valence electrons. The number of amides is 3. The molecule has 4 aromatic rings. The highest BCUT2D eigenvalue weighted by Gasteiger charge is 2.60. The number of rotatable bonds is 4. The fourth-order valence-corrected chi connectivity index (χ4v) is 5.16. The van der Waals surface area contributed by atoms with Gasteiger partial charge in [-0.1, -0.05) is 66.7 Å². The Kier molecular flexibility index (Phi) is 5.27. The molecule has 0 radical (unpaired) electrons. The van der Waals surface area contributed by atoms with E-state index in [1.807, 2.05) is 78.9 Å². The quantitative estimate of drug-likeness (QED) is 0.425. The topological polar surface area (TPSA) is 79.0 Å². The van der Waals surface area contributed by atoms with Crippen LogP contribution in [-0.2, 0) is 19.2 Å². The van der Waals surface area contributed by atoms with Crippen molar-refractivity contribution in [1.29, 1.82) is 0 Å². The first-order chi connectivity index (χ1) is 17.5. The lowest BCUT2D eigenvalue weighted by Gasteiger charge is -2.29. The van der Waals surface area contributed by atoms with Crippen LogP contribution in [-0.4, -0.2) is 23.8 Å². The third-order valence-corrected chi connectivity index (χ3v) is 6.71. The molecular formula is C29H23N3O4. The Morgan fingerprint density at radius 1 is 0.806 bits per heavy atom. The van der Waals surface area contributed by atoms with Crippen molar-refractivity contribution in [3.05, 3.63) is 103 Å². The number of nitrogens with zero attached hydrogens (tertiary/aromatic N) is 2. The molecule has 2 saturated heterocycles. The Hall–Kier alpha value is -4.49. The predicted molar refractivity (Wildman–Crippen MR) is 137 cm³/mol. The summed E-state index contributed by atoms with van der Waals surface area (Å²) < 4.78 is 0. The zero-order valence-electron chi connectivity index (χ0n) is 19.5. The highest BCUT2D eigenvalue weighted by molar-refractivity contribution is 6.26. The second kappa shape index (κ2) is 8.62. The fraction of sp³-hybridized carbons (Fsp3) is 0.138. The van der Waals surface area contributed by atoms with E-state index in [1.54, 1.807) is 23.3 Å². The van der Waals surface area contributed by atoms with Crippen LogP contribution < -0.4 is 15.3 Å². The molecular weight excluding hydrogens is 454 g/mol. The smallest absolute Gasteiger partial charge is 0.266 e. The molecule has 7 heteroatoms. The van der Waals surface area contributed by atoms with Gasteiger partial charge in [0, 0.05) is 18.0 Å². The SMILES string of the molecule is CC(=O)Nc1ccc([C@@H]2[C@@H]3C(=O)N(c4cccc5ccccc45)C(=O)[C@@H]3ON2c2ccccc2)cc1. The van der Waals surface area contributed by atoms with Crippen molar-refractivity contribution >= 4 is 45.6 Å². The first-order valence-electron chi connectivity index (χ1n) is 11.8. The van der Waals surface area contributed by atoms with Crippen LogP contribution in [0.2, 0.25) is 0 Å². The summed E-state index contributed by atoms with van der Waals surface area (Å²) in [6.07, 6.45) is -0.948. The molecule has 4 aromatic carbocycles. The highest BCUT2D eigenvalue weighted by atomic mass is 16.7. The molecule has 2 aliphatic heterocycles. The third-order valence-electron chi connectivity index (χ3n) is 6.71. The molecule has 2 aliphatic rings. The van der Waals surface area contributed by atoms with Crippen molar-refractivity contribution < 1.29 is 19.2 Å². The van der Waals surface area contributed by atoms with Crippen molar-refractivity contribution in [2.75, 3.05) is 15.3 Å². The Labute approximate surface area is 207 Å². The van der Waals surface area contributed by atoms with E-state index in [9.17, 15) is 14.4 Å². The number of nitrogens with one attached hydrogen (secondary N) is 1. The Bertz CT molecular complexity index is 1480. The summed E-state index contributed by atoms with van der Waals surface area (Å²) in [6, 6.07) is 29.5. The van der Waals surface area contributed by atoms with E-state index in [2.05, 4.69) is 5.32 Å². The molecule has 0 aliphatic carbocycles. The predicted octanol–water partition coefficient (Wildman–Crippen LogP) is 4.85. The van der Waals surface area contributed by atoms with Gasteiger partial charge in [0.1, 0.15) is 5.92 Å². The van der Waals surface area contributed by atoms with E-state index in [0.717, 1.165) is 22.0 Å². The molecule has 3 amide bonds. The van der Waals surface area contributed by atoms with Crippen molar-refractivity contribution in [2.24, 2.45) is 5.92 Å².